The molecule has 2 N–H and O–H groups in total. The molecule has 0 aromatic carbocycles. The summed E-state index contributed by atoms with van der Waals surface area (Å²) in [5.41, 5.74) is 2.06. The van der Waals surface area contributed by atoms with Crippen LogP contribution in [0.2, 0.25) is 0 Å². The van der Waals surface area contributed by atoms with E-state index in [1.54, 1.807) is 23.6 Å². The van der Waals surface area contributed by atoms with E-state index in [9.17, 15) is 8.42 Å². The van der Waals surface area contributed by atoms with E-state index in [2.05, 4.69) is 10.0 Å². The number of hydrogen-bond donors (Lipinski definition) is 2. The van der Waals surface area contributed by atoms with E-state index in [4.69, 9.17) is 0 Å². The number of aromatic nitrogens is 1. The lowest BCUT2D eigenvalue weighted by Crippen LogP contribution is -2.22. The fourth-order valence-corrected chi connectivity index (χ4v) is 4.01. The third-order valence-electron chi connectivity index (χ3n) is 3.34. The minimum Gasteiger partial charge on any atom is -0.352 e. The number of aryl methyl sites for hydroxylation is 2. The van der Waals surface area contributed by atoms with E-state index in [0.717, 1.165) is 22.7 Å². The normalized spacial score (nSPS) is 12.0. The summed E-state index contributed by atoms with van der Waals surface area (Å²) in [5, 5.41) is 5.17. The maximum Gasteiger partial charge on any atom is 0.242 e. The Morgan fingerprint density at radius 1 is 1.33 bits per heavy atom. The van der Waals surface area contributed by atoms with Crippen LogP contribution in [-0.4, -0.2) is 19.5 Å². The van der Waals surface area contributed by atoms with Crippen molar-refractivity contribution in [2.24, 2.45) is 7.05 Å². The van der Waals surface area contributed by atoms with Gasteiger partial charge in [-0.15, -0.1) is 11.3 Å². The van der Waals surface area contributed by atoms with E-state index in [1.165, 1.54) is 0 Å². The van der Waals surface area contributed by atoms with Crippen LogP contribution < -0.4 is 10.0 Å². The van der Waals surface area contributed by atoms with Crippen LogP contribution >= 0.6 is 11.3 Å². The van der Waals surface area contributed by atoms with Gasteiger partial charge in [-0.25, -0.2) is 13.1 Å². The molecule has 0 radical (unpaired) electrons. The smallest absolute Gasteiger partial charge is 0.242 e. The Kier molecular flexibility index (Phi) is 5.21. The summed E-state index contributed by atoms with van der Waals surface area (Å²) >= 11 is 1.56. The Hall–Kier alpha value is -1.15. The molecule has 2 heterocycles. The lowest BCUT2D eigenvalue weighted by molar-refractivity contribution is 0.581. The Balaban J connectivity index is 2.10. The number of nitrogens with one attached hydrogen (secondary N) is 2. The molecule has 7 heteroatoms. The molecule has 0 amide bonds. The summed E-state index contributed by atoms with van der Waals surface area (Å²) in [7, 11) is -1.62. The summed E-state index contributed by atoms with van der Waals surface area (Å²) in [4.78, 5) is 1.36. The minimum absolute atomic E-state index is 0.312. The zero-order chi connectivity index (χ0) is 15.5. The molecule has 0 fully saturated rings. The highest BCUT2D eigenvalue weighted by Crippen LogP contribution is 2.18. The van der Waals surface area contributed by atoms with Gasteiger partial charge in [-0.2, -0.15) is 0 Å². The molecule has 0 aliphatic rings. The Morgan fingerprint density at radius 2 is 2.10 bits per heavy atom. The molecule has 0 spiro atoms. The second kappa shape index (κ2) is 6.74. The van der Waals surface area contributed by atoms with Gasteiger partial charge in [0.2, 0.25) is 10.0 Å². The van der Waals surface area contributed by atoms with Crippen molar-refractivity contribution in [1.82, 2.24) is 14.6 Å². The van der Waals surface area contributed by atoms with E-state index in [1.807, 2.05) is 36.9 Å². The van der Waals surface area contributed by atoms with Gasteiger partial charge in [0.05, 0.1) is 4.90 Å². The van der Waals surface area contributed by atoms with Gasteiger partial charge in [0, 0.05) is 36.9 Å². The Bertz CT molecular complexity index is 702. The molecule has 2 aromatic rings. The Morgan fingerprint density at radius 3 is 2.71 bits per heavy atom. The molecule has 21 heavy (non-hydrogen) atoms. The first-order valence-electron chi connectivity index (χ1n) is 6.82. The molecule has 0 aliphatic carbocycles. The van der Waals surface area contributed by atoms with Crippen LogP contribution in [0, 0.1) is 6.92 Å². The summed E-state index contributed by atoms with van der Waals surface area (Å²) in [5.74, 6) is 0. The minimum atomic E-state index is -3.47. The maximum absolute atomic E-state index is 12.3. The van der Waals surface area contributed by atoms with Gasteiger partial charge in [-0.3, -0.25) is 0 Å². The van der Waals surface area contributed by atoms with E-state index >= 15 is 0 Å². The first kappa shape index (κ1) is 16.2. The average Bonchev–Trinajstić information content (AvgIpc) is 3.01. The topological polar surface area (TPSA) is 63.1 Å². The molecule has 0 atom stereocenters. The fraction of sp³-hybridized carbons (Fsp3) is 0.429. The van der Waals surface area contributed by atoms with Gasteiger partial charge in [-0.05, 0) is 36.5 Å². The van der Waals surface area contributed by atoms with Crippen molar-refractivity contribution in [3.63, 3.8) is 0 Å². The van der Waals surface area contributed by atoms with E-state index in [-0.39, 0.29) is 0 Å². The second-order valence-electron chi connectivity index (χ2n) is 4.91. The van der Waals surface area contributed by atoms with Crippen molar-refractivity contribution in [3.8, 4) is 0 Å². The van der Waals surface area contributed by atoms with Crippen molar-refractivity contribution in [3.05, 3.63) is 39.8 Å². The van der Waals surface area contributed by atoms with E-state index < -0.39 is 10.0 Å². The van der Waals surface area contributed by atoms with Crippen LogP contribution in [0.25, 0.3) is 0 Å². The van der Waals surface area contributed by atoms with Crippen LogP contribution in [0.15, 0.2) is 28.6 Å². The lowest BCUT2D eigenvalue weighted by atomic mass is 10.3. The molecule has 5 nitrogen and oxygen atoms in total. The van der Waals surface area contributed by atoms with Crippen molar-refractivity contribution in [2.75, 3.05) is 6.54 Å². The monoisotopic (exact) mass is 327 g/mol. The number of rotatable bonds is 7. The zero-order valence-corrected chi connectivity index (χ0v) is 14.1. The molecule has 116 valence electrons. The summed E-state index contributed by atoms with van der Waals surface area (Å²) in [6.07, 6.45) is 1.65. The molecule has 0 aliphatic heterocycles. The second-order valence-corrected chi connectivity index (χ2v) is 7.68. The lowest BCUT2D eigenvalue weighted by Gasteiger charge is -2.04. The van der Waals surface area contributed by atoms with Gasteiger partial charge >= 0.3 is 0 Å². The average molecular weight is 327 g/mol. The number of nitrogens with zero attached hydrogens (tertiary/aromatic N) is 1. The largest absolute Gasteiger partial charge is 0.352 e. The van der Waals surface area contributed by atoms with Gasteiger partial charge in [0.25, 0.3) is 0 Å². The van der Waals surface area contributed by atoms with Crippen molar-refractivity contribution >= 4 is 21.4 Å². The number of sulfonamides is 1. The molecule has 2 aromatic heterocycles. The maximum atomic E-state index is 12.3. The zero-order valence-electron chi connectivity index (χ0n) is 12.5. The predicted octanol–water partition coefficient (Wildman–Crippen LogP) is 1.98. The standard InChI is InChI=1S/C14H21N3O2S2/c1-4-15-8-12-7-13(10-17(12)3)21(18,19)16-9-14-11(2)5-6-20-14/h5-7,10,15-16H,4,8-9H2,1-3H3. The van der Waals surface area contributed by atoms with Crippen molar-refractivity contribution < 1.29 is 8.42 Å². The van der Waals surface area contributed by atoms with Crippen LogP contribution in [0.1, 0.15) is 23.1 Å². The van der Waals surface area contributed by atoms with Crippen LogP contribution in [0.5, 0.6) is 0 Å². The molecular weight excluding hydrogens is 306 g/mol. The third-order valence-corrected chi connectivity index (χ3v) is 5.73. The Labute approximate surface area is 130 Å². The highest BCUT2D eigenvalue weighted by atomic mass is 32.2. The highest BCUT2D eigenvalue weighted by Gasteiger charge is 2.17. The predicted molar refractivity (Wildman–Crippen MR) is 85.9 cm³/mol. The molecule has 2 rings (SSSR count). The van der Waals surface area contributed by atoms with Gasteiger partial charge < -0.3 is 9.88 Å². The summed E-state index contributed by atoms with van der Waals surface area (Å²) < 4.78 is 29.2. The molecule has 0 saturated heterocycles. The quantitative estimate of drug-likeness (QED) is 0.817. The van der Waals surface area contributed by atoms with Crippen molar-refractivity contribution in [1.29, 1.82) is 0 Å². The van der Waals surface area contributed by atoms with E-state index in [0.29, 0.717) is 18.0 Å². The molecular formula is C14H21N3O2S2. The third kappa shape index (κ3) is 3.94. The van der Waals surface area contributed by atoms with Crippen LogP contribution in [0.4, 0.5) is 0 Å². The van der Waals surface area contributed by atoms with Crippen LogP contribution in [0.3, 0.4) is 0 Å². The fourth-order valence-electron chi connectivity index (χ4n) is 1.98. The SMILES string of the molecule is CCNCc1cc(S(=O)(=O)NCc2sccc2C)cn1C. The van der Waals surface area contributed by atoms with Gasteiger partial charge in [0.15, 0.2) is 0 Å². The molecule has 0 unspecified atom stereocenters. The van der Waals surface area contributed by atoms with Crippen LogP contribution in [-0.2, 0) is 30.2 Å². The first-order valence-corrected chi connectivity index (χ1v) is 9.19. The molecule has 0 bridgehead atoms. The molecule has 0 saturated carbocycles. The highest BCUT2D eigenvalue weighted by molar-refractivity contribution is 7.89. The first-order chi connectivity index (χ1) is 9.94. The summed E-state index contributed by atoms with van der Waals surface area (Å²) in [6, 6.07) is 3.71. The summed E-state index contributed by atoms with van der Waals surface area (Å²) in [6.45, 7) is 5.85. The van der Waals surface area contributed by atoms with Gasteiger partial charge in [-0.1, -0.05) is 6.92 Å². The van der Waals surface area contributed by atoms with Crippen molar-refractivity contribution in [2.45, 2.75) is 31.8 Å². The van der Waals surface area contributed by atoms with Gasteiger partial charge in [0.1, 0.15) is 0 Å². The number of hydrogen-bond acceptors (Lipinski definition) is 4. The number of thiophene rings is 1.